The fraction of sp³-hybridized carbons (Fsp3) is 0.917. The molecule has 4 heteroatoms. The first-order valence-corrected chi connectivity index (χ1v) is 6.03. The minimum absolute atomic E-state index is 0.302. The highest BCUT2D eigenvalue weighted by atomic mass is 16.5. The number of carbonyl (C=O) groups is 1. The van der Waals surface area contributed by atoms with Gasteiger partial charge in [-0.05, 0) is 25.7 Å². The van der Waals surface area contributed by atoms with Gasteiger partial charge in [0, 0.05) is 6.61 Å². The summed E-state index contributed by atoms with van der Waals surface area (Å²) in [6.45, 7) is 0.977. The van der Waals surface area contributed by atoms with E-state index in [0.717, 1.165) is 19.3 Å². The maximum Gasteiger partial charge on any atom is 0.317 e. The zero-order valence-electron chi connectivity index (χ0n) is 9.83. The van der Waals surface area contributed by atoms with Gasteiger partial charge in [-0.2, -0.15) is 0 Å². The highest BCUT2D eigenvalue weighted by Crippen LogP contribution is 2.49. The van der Waals surface area contributed by atoms with Crippen LogP contribution in [0.4, 0.5) is 0 Å². The fourth-order valence-electron chi connectivity index (χ4n) is 3.15. The zero-order valence-corrected chi connectivity index (χ0v) is 9.83. The molecule has 92 valence electrons. The minimum atomic E-state index is -0.916. The van der Waals surface area contributed by atoms with Crippen LogP contribution in [0.15, 0.2) is 0 Å². The summed E-state index contributed by atoms with van der Waals surface area (Å²) in [5, 5.41) is 10.7. The van der Waals surface area contributed by atoms with Crippen LogP contribution in [0.5, 0.6) is 0 Å². The first kappa shape index (κ1) is 11.9. The van der Waals surface area contributed by atoms with Crippen molar-refractivity contribution in [2.24, 2.45) is 5.41 Å². The Morgan fingerprint density at radius 2 is 1.94 bits per heavy atom. The van der Waals surface area contributed by atoms with E-state index in [9.17, 15) is 9.90 Å². The topological polar surface area (TPSA) is 55.8 Å². The lowest BCUT2D eigenvalue weighted by Gasteiger charge is -2.44. The number of ether oxygens (including phenoxy) is 2. The third-order valence-corrected chi connectivity index (χ3v) is 4.14. The van der Waals surface area contributed by atoms with Crippen molar-refractivity contribution in [2.75, 3.05) is 20.3 Å². The lowest BCUT2D eigenvalue weighted by molar-refractivity contribution is -0.191. The third kappa shape index (κ3) is 1.64. The van der Waals surface area contributed by atoms with E-state index in [1.807, 2.05) is 0 Å². The molecule has 4 nitrogen and oxygen atoms in total. The highest BCUT2D eigenvalue weighted by molar-refractivity contribution is 5.78. The van der Waals surface area contributed by atoms with E-state index in [1.165, 1.54) is 7.11 Å². The molecule has 1 heterocycles. The zero-order chi connectivity index (χ0) is 11.6. The first-order valence-electron chi connectivity index (χ1n) is 6.03. The normalized spacial score (nSPS) is 33.6. The maximum atomic E-state index is 12.0. The average molecular weight is 228 g/mol. The molecule has 1 aliphatic carbocycles. The summed E-state index contributed by atoms with van der Waals surface area (Å²) >= 11 is 0. The van der Waals surface area contributed by atoms with Gasteiger partial charge in [0.25, 0.3) is 0 Å². The number of rotatable bonds is 2. The molecule has 1 saturated carbocycles. The number of carbonyl (C=O) groups excluding carboxylic acids is 1. The van der Waals surface area contributed by atoms with Gasteiger partial charge in [-0.15, -0.1) is 0 Å². The van der Waals surface area contributed by atoms with Crippen LogP contribution in [0.1, 0.15) is 38.5 Å². The molecule has 0 aromatic heterocycles. The molecule has 2 aliphatic rings. The molecule has 0 bridgehead atoms. The standard InChI is InChI=1S/C12H20O4/c1-15-10(13)11(5-4-8-16-9-11)12(14)6-2-3-7-12/h14H,2-9H2,1H3. The molecular weight excluding hydrogens is 208 g/mol. The third-order valence-electron chi connectivity index (χ3n) is 4.14. The molecule has 1 atom stereocenters. The van der Waals surface area contributed by atoms with Crippen LogP contribution in [-0.2, 0) is 14.3 Å². The van der Waals surface area contributed by atoms with E-state index in [2.05, 4.69) is 0 Å². The Morgan fingerprint density at radius 3 is 2.44 bits per heavy atom. The van der Waals surface area contributed by atoms with Gasteiger partial charge in [0.05, 0.1) is 19.3 Å². The minimum Gasteiger partial charge on any atom is -0.468 e. The summed E-state index contributed by atoms with van der Waals surface area (Å²) in [6, 6.07) is 0. The van der Waals surface area contributed by atoms with Gasteiger partial charge in [0.15, 0.2) is 0 Å². The Hall–Kier alpha value is -0.610. The molecule has 0 aromatic rings. The van der Waals surface area contributed by atoms with Gasteiger partial charge in [-0.3, -0.25) is 4.79 Å². The Labute approximate surface area is 95.9 Å². The maximum absolute atomic E-state index is 12.0. The summed E-state index contributed by atoms with van der Waals surface area (Å²) in [5.41, 5.74) is -1.74. The van der Waals surface area contributed by atoms with Gasteiger partial charge in [0.1, 0.15) is 5.41 Å². The van der Waals surface area contributed by atoms with Crippen molar-refractivity contribution in [3.8, 4) is 0 Å². The van der Waals surface area contributed by atoms with Crippen molar-refractivity contribution in [3.05, 3.63) is 0 Å². The number of methoxy groups -OCH3 is 1. The Morgan fingerprint density at radius 1 is 1.25 bits per heavy atom. The SMILES string of the molecule is COC(=O)C1(C2(O)CCCC2)CCCOC1. The van der Waals surface area contributed by atoms with Crippen LogP contribution in [0, 0.1) is 5.41 Å². The lowest BCUT2D eigenvalue weighted by atomic mass is 9.67. The van der Waals surface area contributed by atoms with Crippen LogP contribution in [0.25, 0.3) is 0 Å². The first-order chi connectivity index (χ1) is 7.65. The van der Waals surface area contributed by atoms with Gasteiger partial charge in [0.2, 0.25) is 0 Å². The van der Waals surface area contributed by atoms with Crippen molar-refractivity contribution in [3.63, 3.8) is 0 Å². The van der Waals surface area contributed by atoms with Crippen molar-refractivity contribution >= 4 is 5.97 Å². The smallest absolute Gasteiger partial charge is 0.317 e. The van der Waals surface area contributed by atoms with Gasteiger partial charge in [-0.25, -0.2) is 0 Å². The highest BCUT2D eigenvalue weighted by Gasteiger charge is 2.58. The molecule has 0 amide bonds. The molecule has 1 saturated heterocycles. The lowest BCUT2D eigenvalue weighted by Crippen LogP contribution is -2.56. The Bertz CT molecular complexity index is 262. The van der Waals surface area contributed by atoms with Crippen molar-refractivity contribution < 1.29 is 19.4 Å². The molecule has 2 fully saturated rings. The summed E-state index contributed by atoms with van der Waals surface area (Å²) < 4.78 is 10.3. The number of hydrogen-bond acceptors (Lipinski definition) is 4. The van der Waals surface area contributed by atoms with Gasteiger partial charge in [-0.1, -0.05) is 12.8 Å². The largest absolute Gasteiger partial charge is 0.468 e. The second kappa shape index (κ2) is 4.34. The summed E-state index contributed by atoms with van der Waals surface area (Å²) in [4.78, 5) is 12.0. The van der Waals surface area contributed by atoms with E-state index in [0.29, 0.717) is 32.5 Å². The molecule has 0 aromatic carbocycles. The number of esters is 1. The predicted octanol–water partition coefficient (Wildman–Crippen LogP) is 1.26. The van der Waals surface area contributed by atoms with Crippen LogP contribution in [0.3, 0.4) is 0 Å². The molecule has 1 N–H and O–H groups in total. The second-order valence-electron chi connectivity index (χ2n) is 4.97. The summed E-state index contributed by atoms with van der Waals surface area (Å²) in [7, 11) is 1.39. The Balaban J connectivity index is 2.28. The van der Waals surface area contributed by atoms with Crippen LogP contribution < -0.4 is 0 Å². The average Bonchev–Trinajstić information content (AvgIpc) is 2.77. The number of aliphatic hydroxyl groups is 1. The van der Waals surface area contributed by atoms with Gasteiger partial charge >= 0.3 is 5.97 Å². The van der Waals surface area contributed by atoms with Crippen LogP contribution >= 0.6 is 0 Å². The predicted molar refractivity (Wildman–Crippen MR) is 57.9 cm³/mol. The van der Waals surface area contributed by atoms with E-state index in [4.69, 9.17) is 9.47 Å². The van der Waals surface area contributed by atoms with E-state index < -0.39 is 11.0 Å². The molecule has 0 spiro atoms. The molecular formula is C12H20O4. The fourth-order valence-corrected chi connectivity index (χ4v) is 3.15. The molecule has 1 unspecified atom stereocenters. The van der Waals surface area contributed by atoms with Crippen molar-refractivity contribution in [2.45, 2.75) is 44.1 Å². The summed E-state index contributed by atoms with van der Waals surface area (Å²) in [5.74, 6) is -0.309. The molecule has 2 rings (SSSR count). The molecule has 1 aliphatic heterocycles. The van der Waals surface area contributed by atoms with Gasteiger partial charge < -0.3 is 14.6 Å². The van der Waals surface area contributed by atoms with E-state index >= 15 is 0 Å². The quantitative estimate of drug-likeness (QED) is 0.723. The van der Waals surface area contributed by atoms with E-state index in [1.54, 1.807) is 0 Å². The second-order valence-corrected chi connectivity index (χ2v) is 4.97. The molecule has 16 heavy (non-hydrogen) atoms. The molecule has 0 radical (unpaired) electrons. The van der Waals surface area contributed by atoms with Crippen LogP contribution in [0.2, 0.25) is 0 Å². The summed E-state index contributed by atoms with van der Waals surface area (Å²) in [6.07, 6.45) is 4.83. The Kier molecular flexibility index (Phi) is 3.22. The van der Waals surface area contributed by atoms with Crippen molar-refractivity contribution in [1.82, 2.24) is 0 Å². The number of hydrogen-bond donors (Lipinski definition) is 1. The van der Waals surface area contributed by atoms with Crippen molar-refractivity contribution in [1.29, 1.82) is 0 Å². The van der Waals surface area contributed by atoms with E-state index in [-0.39, 0.29) is 5.97 Å². The monoisotopic (exact) mass is 228 g/mol. The van der Waals surface area contributed by atoms with Crippen LogP contribution in [-0.4, -0.2) is 37.0 Å².